The van der Waals surface area contributed by atoms with Crippen molar-refractivity contribution in [2.24, 2.45) is 0 Å². The molecule has 0 aliphatic carbocycles. The smallest absolute Gasteiger partial charge is 0.241 e. The number of hydrogen-bond donors (Lipinski definition) is 3. The summed E-state index contributed by atoms with van der Waals surface area (Å²) in [7, 11) is 0. The predicted molar refractivity (Wildman–Crippen MR) is 58.1 cm³/mol. The summed E-state index contributed by atoms with van der Waals surface area (Å²) in [4.78, 5) is 11.1. The van der Waals surface area contributed by atoms with Crippen molar-refractivity contribution in [2.75, 3.05) is 18.9 Å². The van der Waals surface area contributed by atoms with Crippen molar-refractivity contribution in [3.63, 3.8) is 0 Å². The summed E-state index contributed by atoms with van der Waals surface area (Å²) >= 11 is 0. The Morgan fingerprint density at radius 2 is 2.33 bits per heavy atom. The van der Waals surface area contributed by atoms with E-state index >= 15 is 0 Å². The molecule has 0 aromatic carbocycles. The molecule has 1 rings (SSSR count). The minimum atomic E-state index is -0.197. The van der Waals surface area contributed by atoms with Gasteiger partial charge in [-0.2, -0.15) is 5.10 Å². The first-order valence-corrected chi connectivity index (χ1v) is 4.88. The number of amides is 1. The fourth-order valence-electron chi connectivity index (χ4n) is 0.864. The van der Waals surface area contributed by atoms with Gasteiger partial charge in [0.05, 0.1) is 18.5 Å². The molecule has 6 nitrogen and oxygen atoms in total. The average molecular weight is 214 g/mol. The number of nitrogen functional groups attached to an aromatic ring is 1. The van der Waals surface area contributed by atoms with Crippen LogP contribution >= 0.6 is 0 Å². The highest BCUT2D eigenvalue weighted by molar-refractivity contribution is 5.75. The Labute approximate surface area is 89.1 Å². The van der Waals surface area contributed by atoms with E-state index in [-0.39, 0.29) is 25.6 Å². The summed E-state index contributed by atoms with van der Waals surface area (Å²) in [5.74, 6) is -0.197. The highest BCUT2D eigenvalue weighted by Crippen LogP contribution is 1.96. The molecule has 1 aromatic heterocycles. The van der Waals surface area contributed by atoms with Gasteiger partial charge in [-0.25, -0.2) is 0 Å². The lowest BCUT2D eigenvalue weighted by molar-refractivity contribution is -0.122. The summed E-state index contributed by atoms with van der Waals surface area (Å²) < 4.78 is 1.43. The lowest BCUT2D eigenvalue weighted by Gasteiger charge is -2.02. The lowest BCUT2D eigenvalue weighted by atomic mass is 10.5. The minimum absolute atomic E-state index is 0.0625. The topological polar surface area (TPSA) is 93.2 Å². The summed E-state index contributed by atoms with van der Waals surface area (Å²) in [5, 5.41) is 14.8. The zero-order valence-corrected chi connectivity index (χ0v) is 9.10. The fraction of sp³-hybridized carbons (Fsp3) is 0.556. The number of hydrogen-bond acceptors (Lipinski definition) is 4. The van der Waals surface area contributed by atoms with E-state index in [9.17, 15) is 4.79 Å². The van der Waals surface area contributed by atoms with Crippen LogP contribution in [0.3, 0.4) is 0 Å². The first-order chi connectivity index (χ1) is 7.22. The molecule has 0 saturated carbocycles. The van der Waals surface area contributed by atoms with Gasteiger partial charge in [-0.05, 0) is 0 Å². The van der Waals surface area contributed by atoms with E-state index in [1.165, 1.54) is 10.9 Å². The zero-order chi connectivity index (χ0) is 11.7. The van der Waals surface area contributed by atoms with Crippen molar-refractivity contribution in [2.45, 2.75) is 20.4 Å². The number of carbonyl (C=O) groups excluding carboxylic acids is 1. The summed E-state index contributed by atoms with van der Waals surface area (Å²) in [6, 6.07) is 0. The van der Waals surface area contributed by atoms with Gasteiger partial charge in [-0.3, -0.25) is 9.48 Å². The molecule has 4 N–H and O–H groups in total. The van der Waals surface area contributed by atoms with E-state index in [1.807, 2.05) is 13.8 Å². The van der Waals surface area contributed by atoms with Crippen molar-refractivity contribution < 1.29 is 9.90 Å². The van der Waals surface area contributed by atoms with Gasteiger partial charge in [0, 0.05) is 12.7 Å². The van der Waals surface area contributed by atoms with E-state index in [2.05, 4.69) is 10.4 Å². The van der Waals surface area contributed by atoms with Crippen molar-refractivity contribution >= 4 is 11.6 Å². The maximum Gasteiger partial charge on any atom is 0.241 e. The van der Waals surface area contributed by atoms with Gasteiger partial charge in [0.25, 0.3) is 0 Å². The van der Waals surface area contributed by atoms with Crippen LogP contribution in [0.5, 0.6) is 0 Å². The van der Waals surface area contributed by atoms with Gasteiger partial charge < -0.3 is 16.2 Å². The Bertz CT molecular complexity index is 285. The molecular weight excluding hydrogens is 196 g/mol. The Hall–Kier alpha value is -1.56. The number of aliphatic hydroxyl groups excluding tert-OH is 1. The summed E-state index contributed by atoms with van der Waals surface area (Å²) in [6.07, 6.45) is 3.04. The molecule has 1 heterocycles. The van der Waals surface area contributed by atoms with Crippen LogP contribution in [-0.4, -0.2) is 33.9 Å². The SMILES string of the molecule is CC.Nc1cnn(CC(=O)NCCO)c1. The quantitative estimate of drug-likeness (QED) is 0.635. The normalized spacial score (nSPS) is 9.00. The van der Waals surface area contributed by atoms with Gasteiger partial charge in [-0.15, -0.1) is 0 Å². The third-order valence-corrected chi connectivity index (χ3v) is 1.39. The van der Waals surface area contributed by atoms with E-state index in [0.29, 0.717) is 5.69 Å². The fourth-order valence-corrected chi connectivity index (χ4v) is 0.864. The third-order valence-electron chi connectivity index (χ3n) is 1.39. The van der Waals surface area contributed by atoms with Crippen LogP contribution in [-0.2, 0) is 11.3 Å². The van der Waals surface area contributed by atoms with Crippen molar-refractivity contribution in [1.82, 2.24) is 15.1 Å². The number of aliphatic hydroxyl groups is 1. The molecule has 0 aliphatic rings. The molecule has 15 heavy (non-hydrogen) atoms. The van der Waals surface area contributed by atoms with Crippen molar-refractivity contribution in [3.05, 3.63) is 12.4 Å². The maximum atomic E-state index is 11.1. The first kappa shape index (κ1) is 13.4. The highest BCUT2D eigenvalue weighted by Gasteiger charge is 2.01. The number of carbonyl (C=O) groups is 1. The van der Waals surface area contributed by atoms with Gasteiger partial charge in [-0.1, -0.05) is 13.8 Å². The van der Waals surface area contributed by atoms with Crippen LogP contribution in [0.15, 0.2) is 12.4 Å². The van der Waals surface area contributed by atoms with Gasteiger partial charge in [0.2, 0.25) is 5.91 Å². The number of anilines is 1. The summed E-state index contributed by atoms with van der Waals surface area (Å²) in [5.41, 5.74) is 5.92. The molecule has 86 valence electrons. The van der Waals surface area contributed by atoms with Crippen LogP contribution in [0.25, 0.3) is 0 Å². The second-order valence-corrected chi connectivity index (χ2v) is 2.54. The molecule has 0 spiro atoms. The monoisotopic (exact) mass is 214 g/mol. The second-order valence-electron chi connectivity index (χ2n) is 2.54. The molecule has 0 radical (unpaired) electrons. The van der Waals surface area contributed by atoms with Crippen LogP contribution in [0, 0.1) is 0 Å². The molecule has 0 fully saturated rings. The third kappa shape index (κ3) is 5.69. The van der Waals surface area contributed by atoms with E-state index in [1.54, 1.807) is 6.20 Å². The van der Waals surface area contributed by atoms with Crippen LogP contribution in [0.4, 0.5) is 5.69 Å². The number of nitrogens with one attached hydrogen (secondary N) is 1. The number of nitrogens with two attached hydrogens (primary N) is 1. The molecule has 0 aliphatic heterocycles. The second kappa shape index (κ2) is 7.81. The lowest BCUT2D eigenvalue weighted by Crippen LogP contribution is -2.30. The van der Waals surface area contributed by atoms with E-state index in [4.69, 9.17) is 10.8 Å². The number of aromatic nitrogens is 2. The van der Waals surface area contributed by atoms with Crippen molar-refractivity contribution in [1.29, 1.82) is 0 Å². The molecular formula is C9H18N4O2. The first-order valence-electron chi connectivity index (χ1n) is 4.88. The van der Waals surface area contributed by atoms with E-state index < -0.39 is 0 Å². The molecule has 1 aromatic rings. The molecule has 0 atom stereocenters. The average Bonchev–Trinajstić information content (AvgIpc) is 2.64. The van der Waals surface area contributed by atoms with Gasteiger partial charge >= 0.3 is 0 Å². The Kier molecular flexibility index (Phi) is 7.00. The molecule has 0 saturated heterocycles. The Balaban J connectivity index is 0.000000921. The van der Waals surface area contributed by atoms with Crippen LogP contribution in [0.1, 0.15) is 13.8 Å². The highest BCUT2D eigenvalue weighted by atomic mass is 16.3. The summed E-state index contributed by atoms with van der Waals surface area (Å²) in [6.45, 7) is 4.32. The van der Waals surface area contributed by atoms with Gasteiger partial charge in [0.1, 0.15) is 6.54 Å². The Morgan fingerprint density at radius 3 is 2.80 bits per heavy atom. The van der Waals surface area contributed by atoms with Crippen LogP contribution in [0.2, 0.25) is 0 Å². The largest absolute Gasteiger partial charge is 0.396 e. The zero-order valence-electron chi connectivity index (χ0n) is 9.10. The molecule has 6 heteroatoms. The molecule has 1 amide bonds. The molecule has 0 unspecified atom stereocenters. The number of rotatable bonds is 4. The maximum absolute atomic E-state index is 11.1. The van der Waals surface area contributed by atoms with Crippen molar-refractivity contribution in [3.8, 4) is 0 Å². The number of nitrogens with zero attached hydrogens (tertiary/aromatic N) is 2. The minimum Gasteiger partial charge on any atom is -0.396 e. The van der Waals surface area contributed by atoms with E-state index in [0.717, 1.165) is 0 Å². The standard InChI is InChI=1S/C7H12N4O2.C2H6/c8-6-3-10-11(4-6)5-7(13)9-1-2-12;1-2/h3-4,12H,1-2,5,8H2,(H,9,13);1-2H3. The van der Waals surface area contributed by atoms with Crippen LogP contribution < -0.4 is 11.1 Å². The van der Waals surface area contributed by atoms with Gasteiger partial charge in [0.15, 0.2) is 0 Å². The molecule has 0 bridgehead atoms. The Morgan fingerprint density at radius 1 is 1.67 bits per heavy atom. The predicted octanol–water partition coefficient (Wildman–Crippen LogP) is -0.400.